The second kappa shape index (κ2) is 8.82. The van der Waals surface area contributed by atoms with E-state index in [4.69, 9.17) is 9.47 Å². The zero-order valence-electron chi connectivity index (χ0n) is 17.4. The number of ether oxygens (including phenoxy) is 2. The molecular formula is C24H23FN4O3. The molecule has 1 unspecified atom stereocenters. The highest BCUT2D eigenvalue weighted by atomic mass is 19.1. The monoisotopic (exact) mass is 434 g/mol. The highest BCUT2D eigenvalue weighted by Crippen LogP contribution is 2.31. The van der Waals surface area contributed by atoms with E-state index in [-0.39, 0.29) is 24.4 Å². The van der Waals surface area contributed by atoms with Crippen molar-refractivity contribution in [3.63, 3.8) is 0 Å². The molecule has 0 saturated carbocycles. The second-order valence-electron chi connectivity index (χ2n) is 7.92. The van der Waals surface area contributed by atoms with Crippen molar-refractivity contribution in [3.8, 4) is 22.8 Å². The molecule has 32 heavy (non-hydrogen) atoms. The van der Waals surface area contributed by atoms with Gasteiger partial charge in [-0.1, -0.05) is 24.3 Å². The van der Waals surface area contributed by atoms with Gasteiger partial charge in [-0.25, -0.2) is 4.39 Å². The fourth-order valence-corrected chi connectivity index (χ4v) is 3.99. The lowest BCUT2D eigenvalue weighted by atomic mass is 10.0. The summed E-state index contributed by atoms with van der Waals surface area (Å²) in [5.41, 5.74) is 1.33. The van der Waals surface area contributed by atoms with Crippen molar-refractivity contribution in [1.82, 2.24) is 15.5 Å². The van der Waals surface area contributed by atoms with Gasteiger partial charge in [-0.05, 0) is 49.2 Å². The van der Waals surface area contributed by atoms with Gasteiger partial charge in [0.2, 0.25) is 6.10 Å². The molecule has 1 aromatic heterocycles. The third kappa shape index (κ3) is 4.34. The zero-order valence-corrected chi connectivity index (χ0v) is 17.4. The third-order valence-corrected chi connectivity index (χ3v) is 5.74. The number of nitrogens with zero attached hydrogens (tertiary/aromatic N) is 3. The fraction of sp³-hybridized carbons (Fsp3) is 0.292. The summed E-state index contributed by atoms with van der Waals surface area (Å²) in [5, 5.41) is 11.7. The Bertz CT molecular complexity index is 1100. The Kier molecular flexibility index (Phi) is 5.58. The summed E-state index contributed by atoms with van der Waals surface area (Å²) in [5.74, 6) is 1.57. The summed E-state index contributed by atoms with van der Waals surface area (Å²) in [6, 6.07) is 17.5. The highest BCUT2D eigenvalue weighted by Gasteiger charge is 2.30. The number of hydrogen-bond donors (Lipinski definition) is 1. The first-order chi connectivity index (χ1) is 15.7. The van der Waals surface area contributed by atoms with Crippen LogP contribution in [0.3, 0.4) is 0 Å². The van der Waals surface area contributed by atoms with E-state index in [1.165, 1.54) is 12.1 Å². The minimum atomic E-state index is -0.649. The molecule has 2 aromatic carbocycles. The lowest BCUT2D eigenvalue weighted by molar-refractivity contribution is -0.131. The standard InChI is InChI=1S/C24H23FN4O3/c25-17-5-3-4-16(14-17)19-8-9-23(28-27-19)29-12-10-18(11-13-29)26-24(30)22-15-31-20-6-1-2-7-21(20)32-22/h1-9,14,18,22H,10-13,15H2,(H,26,30). The van der Waals surface area contributed by atoms with Crippen molar-refractivity contribution >= 4 is 11.7 Å². The lowest BCUT2D eigenvalue weighted by Crippen LogP contribution is -2.51. The summed E-state index contributed by atoms with van der Waals surface area (Å²) in [6.45, 7) is 1.71. The quantitative estimate of drug-likeness (QED) is 0.680. The number of rotatable bonds is 4. The van der Waals surface area contributed by atoms with Crippen LogP contribution in [0.25, 0.3) is 11.3 Å². The molecule has 2 aliphatic rings. The minimum absolute atomic E-state index is 0.0686. The molecule has 3 heterocycles. The molecular weight excluding hydrogens is 411 g/mol. The molecule has 1 atom stereocenters. The second-order valence-corrected chi connectivity index (χ2v) is 7.92. The predicted octanol–water partition coefficient (Wildman–Crippen LogP) is 3.21. The molecule has 1 saturated heterocycles. The topological polar surface area (TPSA) is 76.6 Å². The first-order valence-electron chi connectivity index (χ1n) is 10.7. The molecule has 0 aliphatic carbocycles. The molecule has 7 nitrogen and oxygen atoms in total. The first kappa shape index (κ1) is 20.2. The number of fused-ring (bicyclic) bond motifs is 1. The Morgan fingerprint density at radius 2 is 1.81 bits per heavy atom. The van der Waals surface area contributed by atoms with E-state index in [0.717, 1.165) is 31.7 Å². The van der Waals surface area contributed by atoms with Gasteiger partial charge in [0.25, 0.3) is 5.91 Å². The Labute approximate surface area is 185 Å². The summed E-state index contributed by atoms with van der Waals surface area (Å²) in [6.07, 6.45) is 0.941. The maximum absolute atomic E-state index is 13.4. The van der Waals surface area contributed by atoms with Crippen LogP contribution in [-0.4, -0.2) is 47.9 Å². The number of hydrogen-bond acceptors (Lipinski definition) is 6. The van der Waals surface area contributed by atoms with Crippen molar-refractivity contribution in [2.45, 2.75) is 25.0 Å². The van der Waals surface area contributed by atoms with Crippen LogP contribution < -0.4 is 19.7 Å². The largest absolute Gasteiger partial charge is 0.485 e. The third-order valence-electron chi connectivity index (χ3n) is 5.74. The Morgan fingerprint density at radius 3 is 2.56 bits per heavy atom. The van der Waals surface area contributed by atoms with Crippen LogP contribution in [0.1, 0.15) is 12.8 Å². The van der Waals surface area contributed by atoms with Gasteiger partial charge in [-0.2, -0.15) is 0 Å². The van der Waals surface area contributed by atoms with Crippen LogP contribution in [0.2, 0.25) is 0 Å². The number of amides is 1. The van der Waals surface area contributed by atoms with Crippen molar-refractivity contribution in [3.05, 3.63) is 66.5 Å². The molecule has 0 spiro atoms. The summed E-state index contributed by atoms with van der Waals surface area (Å²) in [4.78, 5) is 14.8. The molecule has 0 radical (unpaired) electrons. The summed E-state index contributed by atoms with van der Waals surface area (Å²) in [7, 11) is 0. The van der Waals surface area contributed by atoms with Gasteiger partial charge >= 0.3 is 0 Å². The normalized spacial score (nSPS) is 18.3. The predicted molar refractivity (Wildman–Crippen MR) is 117 cm³/mol. The first-order valence-corrected chi connectivity index (χ1v) is 10.7. The van der Waals surface area contributed by atoms with Crippen LogP contribution >= 0.6 is 0 Å². The van der Waals surface area contributed by atoms with Crippen LogP contribution in [0, 0.1) is 5.82 Å². The number of halogens is 1. The van der Waals surface area contributed by atoms with E-state index in [9.17, 15) is 9.18 Å². The Hall–Kier alpha value is -3.68. The van der Waals surface area contributed by atoms with Crippen LogP contribution in [-0.2, 0) is 4.79 Å². The van der Waals surface area contributed by atoms with Crippen molar-refractivity contribution in [2.24, 2.45) is 0 Å². The molecule has 3 aromatic rings. The highest BCUT2D eigenvalue weighted by molar-refractivity contribution is 5.82. The number of aromatic nitrogens is 2. The van der Waals surface area contributed by atoms with Gasteiger partial charge in [0.1, 0.15) is 12.4 Å². The van der Waals surface area contributed by atoms with E-state index in [2.05, 4.69) is 20.4 Å². The van der Waals surface area contributed by atoms with Gasteiger partial charge in [0.15, 0.2) is 17.3 Å². The van der Waals surface area contributed by atoms with Crippen molar-refractivity contribution in [1.29, 1.82) is 0 Å². The maximum Gasteiger partial charge on any atom is 0.264 e. The minimum Gasteiger partial charge on any atom is -0.485 e. The Morgan fingerprint density at radius 1 is 1.00 bits per heavy atom. The molecule has 1 fully saturated rings. The number of nitrogens with one attached hydrogen (secondary N) is 1. The average Bonchev–Trinajstić information content (AvgIpc) is 2.84. The summed E-state index contributed by atoms with van der Waals surface area (Å²) < 4.78 is 24.9. The van der Waals surface area contributed by atoms with Crippen LogP contribution in [0.4, 0.5) is 10.2 Å². The number of anilines is 1. The van der Waals surface area contributed by atoms with E-state index < -0.39 is 6.10 Å². The molecule has 0 bridgehead atoms. The van der Waals surface area contributed by atoms with E-state index in [0.29, 0.717) is 22.8 Å². The van der Waals surface area contributed by atoms with E-state index in [1.807, 2.05) is 30.3 Å². The number of carbonyl (C=O) groups excluding carboxylic acids is 1. The number of carbonyl (C=O) groups is 1. The molecule has 8 heteroatoms. The maximum atomic E-state index is 13.4. The smallest absolute Gasteiger partial charge is 0.264 e. The van der Waals surface area contributed by atoms with Gasteiger partial charge in [0.05, 0.1) is 5.69 Å². The molecule has 1 amide bonds. The van der Waals surface area contributed by atoms with Gasteiger partial charge in [-0.15, -0.1) is 10.2 Å². The van der Waals surface area contributed by atoms with Gasteiger partial charge in [-0.3, -0.25) is 4.79 Å². The number of benzene rings is 2. The Balaban J connectivity index is 1.14. The van der Waals surface area contributed by atoms with Crippen molar-refractivity contribution in [2.75, 3.05) is 24.6 Å². The van der Waals surface area contributed by atoms with Crippen LogP contribution in [0.5, 0.6) is 11.5 Å². The van der Waals surface area contributed by atoms with Crippen molar-refractivity contribution < 1.29 is 18.7 Å². The van der Waals surface area contributed by atoms with E-state index >= 15 is 0 Å². The average molecular weight is 434 g/mol. The lowest BCUT2D eigenvalue weighted by Gasteiger charge is -2.34. The molecule has 164 valence electrons. The summed E-state index contributed by atoms with van der Waals surface area (Å²) >= 11 is 0. The van der Waals surface area contributed by atoms with Gasteiger partial charge < -0.3 is 19.7 Å². The molecule has 1 N–H and O–H groups in total. The molecule has 2 aliphatic heterocycles. The number of para-hydroxylation sites is 2. The molecule has 5 rings (SSSR count). The number of piperidine rings is 1. The zero-order chi connectivity index (χ0) is 21.9. The van der Waals surface area contributed by atoms with E-state index in [1.54, 1.807) is 18.2 Å². The fourth-order valence-electron chi connectivity index (χ4n) is 3.99. The SMILES string of the molecule is O=C(NC1CCN(c2ccc(-c3cccc(F)c3)nn2)CC1)C1COc2ccccc2O1. The van der Waals surface area contributed by atoms with Crippen LogP contribution in [0.15, 0.2) is 60.7 Å². The van der Waals surface area contributed by atoms with Gasteiger partial charge in [0, 0.05) is 24.7 Å².